The molecule has 0 aliphatic heterocycles. The Morgan fingerprint density at radius 3 is 1.57 bits per heavy atom. The third kappa shape index (κ3) is 10.4. The summed E-state index contributed by atoms with van der Waals surface area (Å²) in [4.78, 5) is 57.1. The number of carbonyl (C=O) groups is 5. The van der Waals surface area contributed by atoms with Gasteiger partial charge in [0.05, 0.1) is 5.92 Å². The van der Waals surface area contributed by atoms with Crippen LogP contribution in [0.3, 0.4) is 0 Å². The molecule has 0 fully saturated rings. The van der Waals surface area contributed by atoms with E-state index in [-0.39, 0.29) is 0 Å². The van der Waals surface area contributed by atoms with Crippen LogP contribution in [-0.2, 0) is 42.9 Å². The van der Waals surface area contributed by atoms with Crippen LogP contribution in [0.1, 0.15) is 0 Å². The summed E-state index contributed by atoms with van der Waals surface area (Å²) in [6.45, 7) is 11.1. The van der Waals surface area contributed by atoms with Crippen molar-refractivity contribution in [2.45, 2.75) is 12.2 Å². The Hall–Kier alpha value is -3.89. The van der Waals surface area contributed by atoms with Crippen LogP contribution in [0, 0.1) is 5.92 Å². The van der Waals surface area contributed by atoms with Crippen LogP contribution in [0.15, 0.2) is 50.6 Å². The van der Waals surface area contributed by atoms with Crippen LogP contribution in [0.2, 0.25) is 0 Å². The molecule has 0 saturated heterocycles. The number of hydrogen-bond donors (Lipinski definition) is 1. The molecule has 3 atom stereocenters. The Kier molecular flexibility index (Phi) is 12.3. The maximum absolute atomic E-state index is 11.8. The zero-order valence-corrected chi connectivity index (χ0v) is 16.0. The Morgan fingerprint density at radius 2 is 1.10 bits per heavy atom. The summed E-state index contributed by atoms with van der Waals surface area (Å²) in [6.07, 6.45) is -1.31. The molecule has 30 heavy (non-hydrogen) atoms. The standard InChI is InChI=1S/C19H22O11/c1-5-14(20)26-9-12(10-28-19(24)25)18(30-17(23)8-4)13(29-16(22)7-3)11-27-15(21)6-2/h5-8,12-13,18H,1-4,9-11H2,(H,24,25). The van der Waals surface area contributed by atoms with Crippen molar-refractivity contribution in [2.24, 2.45) is 5.92 Å². The molecule has 0 aliphatic rings. The zero-order chi connectivity index (χ0) is 23.1. The normalized spacial score (nSPS) is 12.7. The highest BCUT2D eigenvalue weighted by Crippen LogP contribution is 2.19. The van der Waals surface area contributed by atoms with Crippen molar-refractivity contribution in [1.82, 2.24) is 0 Å². The van der Waals surface area contributed by atoms with Gasteiger partial charge in [-0.3, -0.25) is 0 Å². The summed E-state index contributed by atoms with van der Waals surface area (Å²) in [7, 11) is 0. The van der Waals surface area contributed by atoms with Crippen molar-refractivity contribution in [1.29, 1.82) is 0 Å². The second-order valence-corrected chi connectivity index (χ2v) is 5.29. The number of carbonyl (C=O) groups excluding carboxylic acids is 4. The molecule has 0 heterocycles. The van der Waals surface area contributed by atoms with E-state index in [1.54, 1.807) is 0 Å². The molecule has 0 rings (SSSR count). The van der Waals surface area contributed by atoms with Crippen molar-refractivity contribution >= 4 is 30.0 Å². The monoisotopic (exact) mass is 426 g/mol. The van der Waals surface area contributed by atoms with Gasteiger partial charge in [0.25, 0.3) is 0 Å². The lowest BCUT2D eigenvalue weighted by Crippen LogP contribution is -2.46. The average molecular weight is 426 g/mol. The summed E-state index contributed by atoms with van der Waals surface area (Å²) in [6, 6.07) is 0. The number of esters is 4. The molecule has 0 aromatic rings. The van der Waals surface area contributed by atoms with Crippen molar-refractivity contribution in [3.63, 3.8) is 0 Å². The SMILES string of the molecule is C=CC(=O)OCC(COC(=O)O)C(OC(=O)C=C)C(COC(=O)C=C)OC(=O)C=C. The van der Waals surface area contributed by atoms with Crippen LogP contribution in [0.5, 0.6) is 0 Å². The molecule has 0 saturated carbocycles. The highest BCUT2D eigenvalue weighted by Gasteiger charge is 2.38. The molecule has 3 unspecified atom stereocenters. The fraction of sp³-hybridized carbons (Fsp3) is 0.316. The number of ether oxygens (including phenoxy) is 5. The summed E-state index contributed by atoms with van der Waals surface area (Å²) < 4.78 is 24.5. The minimum atomic E-state index is -1.67. The van der Waals surface area contributed by atoms with Gasteiger partial charge < -0.3 is 28.8 Å². The first kappa shape index (κ1) is 26.1. The van der Waals surface area contributed by atoms with E-state index in [0.717, 1.165) is 24.3 Å². The Morgan fingerprint density at radius 1 is 0.667 bits per heavy atom. The van der Waals surface area contributed by atoms with Gasteiger partial charge in [0, 0.05) is 24.3 Å². The highest BCUT2D eigenvalue weighted by molar-refractivity contribution is 5.83. The van der Waals surface area contributed by atoms with E-state index >= 15 is 0 Å². The van der Waals surface area contributed by atoms with E-state index in [1.807, 2.05) is 0 Å². The van der Waals surface area contributed by atoms with Gasteiger partial charge in [-0.2, -0.15) is 0 Å². The minimum Gasteiger partial charge on any atom is -0.462 e. The van der Waals surface area contributed by atoms with Crippen molar-refractivity contribution in [3.05, 3.63) is 50.6 Å². The summed E-state index contributed by atoms with van der Waals surface area (Å²) in [5.74, 6) is -4.85. The molecule has 1 N–H and O–H groups in total. The van der Waals surface area contributed by atoms with Crippen molar-refractivity contribution < 1.29 is 52.8 Å². The fourth-order valence-corrected chi connectivity index (χ4v) is 1.94. The van der Waals surface area contributed by atoms with E-state index in [4.69, 9.17) is 24.1 Å². The van der Waals surface area contributed by atoms with Gasteiger partial charge in [-0.05, 0) is 0 Å². The third-order valence-corrected chi connectivity index (χ3v) is 3.27. The largest absolute Gasteiger partial charge is 0.505 e. The van der Waals surface area contributed by atoms with Gasteiger partial charge in [0.2, 0.25) is 0 Å². The summed E-state index contributed by atoms with van der Waals surface area (Å²) in [5.41, 5.74) is 0. The molecule has 0 bridgehead atoms. The van der Waals surface area contributed by atoms with E-state index in [0.29, 0.717) is 0 Å². The number of rotatable bonds is 14. The first-order chi connectivity index (χ1) is 14.2. The predicted molar refractivity (Wildman–Crippen MR) is 99.9 cm³/mol. The van der Waals surface area contributed by atoms with Crippen LogP contribution < -0.4 is 0 Å². The first-order valence-corrected chi connectivity index (χ1v) is 8.28. The van der Waals surface area contributed by atoms with E-state index in [9.17, 15) is 24.0 Å². The maximum Gasteiger partial charge on any atom is 0.505 e. The molecule has 164 valence electrons. The van der Waals surface area contributed by atoms with Crippen LogP contribution in [-0.4, -0.2) is 67.2 Å². The Labute approximate surface area is 172 Å². The van der Waals surface area contributed by atoms with Crippen LogP contribution in [0.25, 0.3) is 0 Å². The molecular weight excluding hydrogens is 404 g/mol. The molecule has 0 aliphatic carbocycles. The van der Waals surface area contributed by atoms with E-state index in [2.05, 4.69) is 31.1 Å². The van der Waals surface area contributed by atoms with Gasteiger partial charge in [-0.1, -0.05) is 26.3 Å². The summed E-state index contributed by atoms with van der Waals surface area (Å²) >= 11 is 0. The molecule has 11 heteroatoms. The average Bonchev–Trinajstić information content (AvgIpc) is 2.74. The smallest absolute Gasteiger partial charge is 0.462 e. The van der Waals surface area contributed by atoms with E-state index in [1.165, 1.54) is 0 Å². The van der Waals surface area contributed by atoms with Crippen LogP contribution in [0.4, 0.5) is 4.79 Å². The second kappa shape index (κ2) is 14.2. The van der Waals surface area contributed by atoms with Gasteiger partial charge in [0.15, 0.2) is 12.2 Å². The number of carboxylic acid groups (broad SMARTS) is 1. The lowest BCUT2D eigenvalue weighted by Gasteiger charge is -2.31. The quantitative estimate of drug-likeness (QED) is 0.240. The minimum absolute atomic E-state index is 0.523. The molecule has 0 spiro atoms. The third-order valence-electron chi connectivity index (χ3n) is 3.27. The Balaban J connectivity index is 5.93. The van der Waals surface area contributed by atoms with Crippen molar-refractivity contribution in [3.8, 4) is 0 Å². The highest BCUT2D eigenvalue weighted by atomic mass is 16.7. The summed E-state index contributed by atoms with van der Waals surface area (Å²) in [5, 5.41) is 8.78. The Bertz CT molecular complexity index is 695. The van der Waals surface area contributed by atoms with E-state index < -0.39 is 68.0 Å². The molecular formula is C19H22O11. The molecule has 11 nitrogen and oxygen atoms in total. The molecule has 0 aromatic heterocycles. The lowest BCUT2D eigenvalue weighted by atomic mass is 9.99. The van der Waals surface area contributed by atoms with Gasteiger partial charge >= 0.3 is 30.0 Å². The van der Waals surface area contributed by atoms with Gasteiger partial charge in [0.1, 0.15) is 19.8 Å². The van der Waals surface area contributed by atoms with Gasteiger partial charge in [-0.25, -0.2) is 24.0 Å². The molecule has 0 radical (unpaired) electrons. The fourth-order valence-electron chi connectivity index (χ4n) is 1.94. The topological polar surface area (TPSA) is 152 Å². The number of hydrogen-bond acceptors (Lipinski definition) is 10. The first-order valence-electron chi connectivity index (χ1n) is 8.28. The molecule has 0 amide bonds. The molecule has 0 aromatic carbocycles. The predicted octanol–water partition coefficient (Wildman–Crippen LogP) is 0.951. The second-order valence-electron chi connectivity index (χ2n) is 5.29. The van der Waals surface area contributed by atoms with Gasteiger partial charge in [-0.15, -0.1) is 0 Å². The van der Waals surface area contributed by atoms with Crippen molar-refractivity contribution in [2.75, 3.05) is 19.8 Å². The zero-order valence-electron chi connectivity index (χ0n) is 16.0. The maximum atomic E-state index is 11.8. The lowest BCUT2D eigenvalue weighted by molar-refractivity contribution is -0.178. The van der Waals surface area contributed by atoms with Crippen LogP contribution >= 0.6 is 0 Å².